The fourth-order valence-corrected chi connectivity index (χ4v) is 1.81. The number of hydrogen-bond acceptors (Lipinski definition) is 3. The average molecular weight is 243 g/mol. The van der Waals surface area contributed by atoms with Gasteiger partial charge in [0.1, 0.15) is 0 Å². The average Bonchev–Trinajstić information content (AvgIpc) is 2.23. The molecule has 102 valence electrons. The first-order valence-corrected chi connectivity index (χ1v) is 6.45. The topological polar surface area (TPSA) is 49.6 Å². The molecule has 0 saturated heterocycles. The van der Waals surface area contributed by atoms with Gasteiger partial charge >= 0.3 is 0 Å². The number of nitrogens with zero attached hydrogens (tertiary/aromatic N) is 2. The van der Waals surface area contributed by atoms with E-state index in [4.69, 9.17) is 5.73 Å². The fraction of sp³-hybridized carbons (Fsp3) is 0.923. The summed E-state index contributed by atoms with van der Waals surface area (Å²) in [6.45, 7) is 6.63. The zero-order chi connectivity index (χ0) is 13.4. The van der Waals surface area contributed by atoms with E-state index in [1.54, 1.807) is 0 Å². The Balaban J connectivity index is 4.03. The SMILES string of the molecule is CC(C)CC(CN)CC(=O)N(C)CCN(C)C. The van der Waals surface area contributed by atoms with Crippen LogP contribution in [0.15, 0.2) is 0 Å². The summed E-state index contributed by atoms with van der Waals surface area (Å²) in [4.78, 5) is 15.8. The van der Waals surface area contributed by atoms with Crippen molar-refractivity contribution >= 4 is 5.91 Å². The zero-order valence-electron chi connectivity index (χ0n) is 12.1. The highest BCUT2D eigenvalue weighted by atomic mass is 16.2. The van der Waals surface area contributed by atoms with E-state index >= 15 is 0 Å². The van der Waals surface area contributed by atoms with E-state index < -0.39 is 0 Å². The van der Waals surface area contributed by atoms with Gasteiger partial charge in [-0.3, -0.25) is 4.79 Å². The predicted octanol–water partition coefficient (Wildman–Crippen LogP) is 1.02. The van der Waals surface area contributed by atoms with Gasteiger partial charge in [-0.05, 0) is 38.9 Å². The van der Waals surface area contributed by atoms with Crippen LogP contribution in [0.5, 0.6) is 0 Å². The van der Waals surface area contributed by atoms with Crippen LogP contribution < -0.4 is 5.73 Å². The molecule has 0 aliphatic rings. The quantitative estimate of drug-likeness (QED) is 0.692. The molecular weight excluding hydrogens is 214 g/mol. The maximum atomic E-state index is 12.0. The number of hydrogen-bond donors (Lipinski definition) is 1. The van der Waals surface area contributed by atoms with Gasteiger partial charge in [0.15, 0.2) is 0 Å². The van der Waals surface area contributed by atoms with E-state index in [9.17, 15) is 4.79 Å². The summed E-state index contributed by atoms with van der Waals surface area (Å²) in [6, 6.07) is 0. The summed E-state index contributed by atoms with van der Waals surface area (Å²) < 4.78 is 0. The van der Waals surface area contributed by atoms with Crippen LogP contribution in [0.1, 0.15) is 26.7 Å². The minimum Gasteiger partial charge on any atom is -0.344 e. The number of nitrogens with two attached hydrogens (primary N) is 1. The first kappa shape index (κ1) is 16.4. The third-order valence-corrected chi connectivity index (χ3v) is 2.91. The molecule has 0 aromatic carbocycles. The molecule has 0 aromatic rings. The van der Waals surface area contributed by atoms with Gasteiger partial charge < -0.3 is 15.5 Å². The van der Waals surface area contributed by atoms with Crippen molar-refractivity contribution in [1.29, 1.82) is 0 Å². The van der Waals surface area contributed by atoms with Gasteiger partial charge in [-0.25, -0.2) is 0 Å². The van der Waals surface area contributed by atoms with Crippen molar-refractivity contribution in [3.63, 3.8) is 0 Å². The molecule has 0 aliphatic carbocycles. The molecule has 1 unspecified atom stereocenters. The summed E-state index contributed by atoms with van der Waals surface area (Å²) in [5.74, 6) is 1.13. The standard InChI is InChI=1S/C13H29N3O/c1-11(2)8-12(10-14)9-13(17)16(5)7-6-15(3)4/h11-12H,6-10,14H2,1-5H3. The van der Waals surface area contributed by atoms with Crippen LogP contribution >= 0.6 is 0 Å². The van der Waals surface area contributed by atoms with E-state index in [0.717, 1.165) is 19.5 Å². The minimum absolute atomic E-state index is 0.211. The van der Waals surface area contributed by atoms with Crippen molar-refractivity contribution in [3.8, 4) is 0 Å². The summed E-state index contributed by atoms with van der Waals surface area (Å²) in [7, 11) is 5.90. The Morgan fingerprint density at radius 1 is 1.18 bits per heavy atom. The Morgan fingerprint density at radius 3 is 2.18 bits per heavy atom. The highest BCUT2D eigenvalue weighted by Crippen LogP contribution is 2.15. The number of carbonyl (C=O) groups excluding carboxylic acids is 1. The lowest BCUT2D eigenvalue weighted by atomic mass is 9.94. The number of amides is 1. The third kappa shape index (κ3) is 8.16. The largest absolute Gasteiger partial charge is 0.344 e. The molecule has 1 amide bonds. The normalized spacial score (nSPS) is 13.2. The Labute approximate surface area is 106 Å². The number of carbonyl (C=O) groups is 1. The van der Waals surface area contributed by atoms with Crippen molar-refractivity contribution in [1.82, 2.24) is 9.80 Å². The molecule has 0 radical (unpaired) electrons. The van der Waals surface area contributed by atoms with Crippen LogP contribution in [0.4, 0.5) is 0 Å². The monoisotopic (exact) mass is 243 g/mol. The lowest BCUT2D eigenvalue weighted by Gasteiger charge is -2.23. The molecule has 0 aliphatic heterocycles. The molecule has 0 spiro atoms. The van der Waals surface area contributed by atoms with E-state index in [1.165, 1.54) is 0 Å². The van der Waals surface area contributed by atoms with Gasteiger partial charge in [0.2, 0.25) is 5.91 Å². The zero-order valence-corrected chi connectivity index (χ0v) is 12.1. The maximum Gasteiger partial charge on any atom is 0.222 e. The molecule has 0 aromatic heterocycles. The second-order valence-corrected chi connectivity index (χ2v) is 5.55. The summed E-state index contributed by atoms with van der Waals surface area (Å²) in [6.07, 6.45) is 1.61. The van der Waals surface area contributed by atoms with Crippen LogP contribution in [0.2, 0.25) is 0 Å². The summed E-state index contributed by atoms with van der Waals surface area (Å²) in [5.41, 5.74) is 5.71. The Bertz CT molecular complexity index is 217. The Hall–Kier alpha value is -0.610. The second-order valence-electron chi connectivity index (χ2n) is 5.55. The Morgan fingerprint density at radius 2 is 1.76 bits per heavy atom. The highest BCUT2D eigenvalue weighted by Gasteiger charge is 2.16. The van der Waals surface area contributed by atoms with Crippen LogP contribution in [0, 0.1) is 11.8 Å². The van der Waals surface area contributed by atoms with Gasteiger partial charge in [0.25, 0.3) is 0 Å². The molecule has 4 heteroatoms. The molecule has 0 heterocycles. The molecule has 1 atom stereocenters. The second kappa shape index (κ2) is 8.48. The molecule has 0 rings (SSSR count). The van der Waals surface area contributed by atoms with Gasteiger partial charge in [0, 0.05) is 26.6 Å². The van der Waals surface area contributed by atoms with E-state index in [-0.39, 0.29) is 5.91 Å². The van der Waals surface area contributed by atoms with Crippen LogP contribution in [0.3, 0.4) is 0 Å². The smallest absolute Gasteiger partial charge is 0.222 e. The molecular formula is C13H29N3O. The van der Waals surface area contributed by atoms with Crippen molar-refractivity contribution in [2.75, 3.05) is 40.8 Å². The summed E-state index contributed by atoms with van der Waals surface area (Å²) >= 11 is 0. The van der Waals surface area contributed by atoms with Crippen molar-refractivity contribution in [3.05, 3.63) is 0 Å². The summed E-state index contributed by atoms with van der Waals surface area (Å²) in [5, 5.41) is 0. The highest BCUT2D eigenvalue weighted by molar-refractivity contribution is 5.76. The maximum absolute atomic E-state index is 12.0. The van der Waals surface area contributed by atoms with Crippen molar-refractivity contribution in [2.24, 2.45) is 17.6 Å². The molecule has 4 nitrogen and oxygen atoms in total. The fourth-order valence-electron chi connectivity index (χ4n) is 1.81. The molecule has 2 N–H and O–H groups in total. The minimum atomic E-state index is 0.211. The van der Waals surface area contributed by atoms with Gasteiger partial charge in [-0.2, -0.15) is 0 Å². The Kier molecular flexibility index (Phi) is 8.17. The van der Waals surface area contributed by atoms with Gasteiger partial charge in [-0.15, -0.1) is 0 Å². The first-order chi connectivity index (χ1) is 7.86. The lowest BCUT2D eigenvalue weighted by molar-refractivity contribution is -0.131. The van der Waals surface area contributed by atoms with Crippen LogP contribution in [-0.4, -0.2) is 56.5 Å². The number of rotatable bonds is 8. The predicted molar refractivity (Wildman–Crippen MR) is 72.8 cm³/mol. The molecule has 0 saturated carbocycles. The third-order valence-electron chi connectivity index (χ3n) is 2.91. The number of likely N-dealkylation sites (N-methyl/N-ethyl adjacent to an activating group) is 2. The molecule has 17 heavy (non-hydrogen) atoms. The molecule has 0 fully saturated rings. The lowest BCUT2D eigenvalue weighted by Crippen LogP contribution is -2.35. The van der Waals surface area contributed by atoms with Crippen LogP contribution in [0.25, 0.3) is 0 Å². The van der Waals surface area contributed by atoms with Crippen molar-refractivity contribution < 1.29 is 4.79 Å². The van der Waals surface area contributed by atoms with E-state index in [1.807, 2.05) is 26.0 Å². The van der Waals surface area contributed by atoms with Crippen LogP contribution in [-0.2, 0) is 4.79 Å². The van der Waals surface area contributed by atoms with Crippen molar-refractivity contribution in [2.45, 2.75) is 26.7 Å². The van der Waals surface area contributed by atoms with E-state index in [0.29, 0.717) is 24.8 Å². The van der Waals surface area contributed by atoms with Gasteiger partial charge in [-0.1, -0.05) is 13.8 Å². The molecule has 0 bridgehead atoms. The van der Waals surface area contributed by atoms with E-state index in [2.05, 4.69) is 18.7 Å². The van der Waals surface area contributed by atoms with Gasteiger partial charge in [0.05, 0.1) is 0 Å². The first-order valence-electron chi connectivity index (χ1n) is 6.45.